The van der Waals surface area contributed by atoms with E-state index in [1.807, 2.05) is 29.0 Å². The van der Waals surface area contributed by atoms with Crippen molar-refractivity contribution in [1.82, 2.24) is 24.7 Å². The standard InChI is InChI=1S/C15H9N5OS3/c1-2-4-11-10(3-1)20-14(17-18-15(20)24-11)23-8-12-16-13(19-21-12)9-5-6-22-7-9/h1-7H,8H2. The van der Waals surface area contributed by atoms with Crippen LogP contribution in [0.2, 0.25) is 0 Å². The molecule has 4 heterocycles. The molecule has 0 N–H and O–H groups in total. The van der Waals surface area contributed by atoms with Gasteiger partial charge < -0.3 is 4.52 Å². The Morgan fingerprint density at radius 3 is 3.04 bits per heavy atom. The molecule has 0 unspecified atom stereocenters. The number of benzene rings is 1. The number of thiazole rings is 1. The van der Waals surface area contributed by atoms with Gasteiger partial charge in [0.15, 0.2) is 5.16 Å². The van der Waals surface area contributed by atoms with Gasteiger partial charge in [-0.2, -0.15) is 16.3 Å². The average Bonchev–Trinajstić information content (AvgIpc) is 3.36. The molecule has 0 amide bonds. The molecule has 0 aliphatic heterocycles. The quantitative estimate of drug-likeness (QED) is 0.438. The third kappa shape index (κ3) is 2.32. The molecule has 5 aromatic rings. The van der Waals surface area contributed by atoms with Crippen LogP contribution >= 0.6 is 34.4 Å². The zero-order valence-electron chi connectivity index (χ0n) is 12.1. The predicted molar refractivity (Wildman–Crippen MR) is 95.5 cm³/mol. The third-order valence-corrected chi connectivity index (χ3v) is 6.09. The van der Waals surface area contributed by atoms with Crippen LogP contribution in [0.25, 0.3) is 26.6 Å². The molecule has 0 aliphatic rings. The lowest BCUT2D eigenvalue weighted by atomic mass is 10.3. The Bertz CT molecular complexity index is 1120. The van der Waals surface area contributed by atoms with Crippen LogP contribution < -0.4 is 0 Å². The molecular formula is C15H9N5OS3. The topological polar surface area (TPSA) is 69.1 Å². The average molecular weight is 371 g/mol. The van der Waals surface area contributed by atoms with Gasteiger partial charge in [-0.05, 0) is 23.6 Å². The van der Waals surface area contributed by atoms with Gasteiger partial charge in [0.05, 0.1) is 16.0 Å². The van der Waals surface area contributed by atoms with E-state index in [-0.39, 0.29) is 0 Å². The van der Waals surface area contributed by atoms with E-state index in [0.29, 0.717) is 17.5 Å². The van der Waals surface area contributed by atoms with E-state index in [2.05, 4.69) is 36.9 Å². The van der Waals surface area contributed by atoms with Gasteiger partial charge in [-0.1, -0.05) is 40.4 Å². The summed E-state index contributed by atoms with van der Waals surface area (Å²) in [5.41, 5.74) is 2.10. The van der Waals surface area contributed by atoms with Crippen molar-refractivity contribution in [3.63, 3.8) is 0 Å². The normalized spacial score (nSPS) is 11.7. The Morgan fingerprint density at radius 2 is 2.12 bits per heavy atom. The zero-order chi connectivity index (χ0) is 15.9. The summed E-state index contributed by atoms with van der Waals surface area (Å²) >= 11 is 4.79. The van der Waals surface area contributed by atoms with E-state index < -0.39 is 0 Å². The van der Waals surface area contributed by atoms with Gasteiger partial charge in [-0.25, -0.2) is 0 Å². The molecule has 0 fully saturated rings. The second kappa shape index (κ2) is 5.69. The molecule has 1 aromatic carbocycles. The number of hydrogen-bond donors (Lipinski definition) is 0. The molecule has 5 rings (SSSR count). The summed E-state index contributed by atoms with van der Waals surface area (Å²) in [6.45, 7) is 0. The molecule has 118 valence electrons. The number of rotatable bonds is 4. The lowest BCUT2D eigenvalue weighted by Crippen LogP contribution is -1.87. The second-order valence-electron chi connectivity index (χ2n) is 4.98. The summed E-state index contributed by atoms with van der Waals surface area (Å²) in [7, 11) is 0. The van der Waals surface area contributed by atoms with Gasteiger partial charge in [0.1, 0.15) is 0 Å². The molecule has 6 nitrogen and oxygen atoms in total. The second-order valence-corrected chi connectivity index (χ2v) is 7.71. The summed E-state index contributed by atoms with van der Waals surface area (Å²) < 4.78 is 8.60. The van der Waals surface area contributed by atoms with E-state index in [4.69, 9.17) is 4.52 Å². The Morgan fingerprint density at radius 1 is 1.17 bits per heavy atom. The first-order valence-electron chi connectivity index (χ1n) is 7.09. The molecule has 0 aliphatic carbocycles. The molecule has 0 saturated carbocycles. The van der Waals surface area contributed by atoms with Gasteiger partial charge in [0.25, 0.3) is 0 Å². The van der Waals surface area contributed by atoms with Crippen LogP contribution in [0.3, 0.4) is 0 Å². The van der Waals surface area contributed by atoms with E-state index in [0.717, 1.165) is 21.2 Å². The fourth-order valence-electron chi connectivity index (χ4n) is 2.40. The molecule has 0 spiro atoms. The highest BCUT2D eigenvalue weighted by atomic mass is 32.2. The van der Waals surface area contributed by atoms with Gasteiger partial charge in [-0.3, -0.25) is 4.40 Å². The summed E-state index contributed by atoms with van der Waals surface area (Å²) in [4.78, 5) is 5.33. The highest BCUT2D eigenvalue weighted by molar-refractivity contribution is 7.98. The molecule has 0 radical (unpaired) electrons. The van der Waals surface area contributed by atoms with Crippen LogP contribution in [-0.2, 0) is 5.75 Å². The van der Waals surface area contributed by atoms with Crippen LogP contribution in [0, 0.1) is 0 Å². The van der Waals surface area contributed by atoms with Crippen molar-refractivity contribution >= 4 is 49.6 Å². The lowest BCUT2D eigenvalue weighted by Gasteiger charge is -1.96. The summed E-state index contributed by atoms with van der Waals surface area (Å²) in [6, 6.07) is 10.2. The maximum atomic E-state index is 5.34. The van der Waals surface area contributed by atoms with Crippen molar-refractivity contribution in [2.24, 2.45) is 0 Å². The summed E-state index contributed by atoms with van der Waals surface area (Å²) in [5, 5.41) is 17.4. The van der Waals surface area contributed by atoms with Crippen LogP contribution in [0.1, 0.15) is 5.89 Å². The minimum Gasteiger partial charge on any atom is -0.338 e. The van der Waals surface area contributed by atoms with Crippen LogP contribution in [0.15, 0.2) is 50.8 Å². The molecule has 0 atom stereocenters. The SMILES string of the molecule is c1ccc2c(c1)sc1nnc(SCc3nc(-c4ccsc4)no3)n12. The predicted octanol–water partition coefficient (Wildman–Crippen LogP) is 4.35. The van der Waals surface area contributed by atoms with Gasteiger partial charge in [0.2, 0.25) is 16.7 Å². The van der Waals surface area contributed by atoms with Crippen molar-refractivity contribution in [3.05, 3.63) is 47.0 Å². The number of thioether (sulfide) groups is 1. The fourth-order valence-corrected chi connectivity index (χ4v) is 4.84. The number of fused-ring (bicyclic) bond motifs is 3. The van der Waals surface area contributed by atoms with Crippen LogP contribution in [0.5, 0.6) is 0 Å². The molecule has 4 aromatic heterocycles. The van der Waals surface area contributed by atoms with Crippen LogP contribution in [0.4, 0.5) is 0 Å². The molecule has 0 saturated heterocycles. The first-order valence-corrected chi connectivity index (χ1v) is 9.83. The molecule has 24 heavy (non-hydrogen) atoms. The highest BCUT2D eigenvalue weighted by Crippen LogP contribution is 2.30. The molecule has 0 bridgehead atoms. The Kier molecular flexibility index (Phi) is 3.35. The van der Waals surface area contributed by atoms with Crippen molar-refractivity contribution in [1.29, 1.82) is 0 Å². The first kappa shape index (κ1) is 14.1. The highest BCUT2D eigenvalue weighted by Gasteiger charge is 2.15. The minimum absolute atomic E-state index is 0.558. The van der Waals surface area contributed by atoms with Crippen molar-refractivity contribution < 1.29 is 4.52 Å². The largest absolute Gasteiger partial charge is 0.338 e. The van der Waals surface area contributed by atoms with E-state index >= 15 is 0 Å². The Hall–Kier alpha value is -2.23. The minimum atomic E-state index is 0.558. The van der Waals surface area contributed by atoms with Gasteiger partial charge >= 0.3 is 0 Å². The smallest absolute Gasteiger partial charge is 0.237 e. The van der Waals surface area contributed by atoms with Gasteiger partial charge in [0, 0.05) is 10.9 Å². The van der Waals surface area contributed by atoms with Crippen LogP contribution in [-0.4, -0.2) is 24.7 Å². The van der Waals surface area contributed by atoms with Gasteiger partial charge in [-0.15, -0.1) is 10.2 Å². The zero-order valence-corrected chi connectivity index (χ0v) is 14.6. The number of nitrogens with zero attached hydrogens (tertiary/aromatic N) is 5. The third-order valence-electron chi connectivity index (χ3n) is 3.48. The maximum absolute atomic E-state index is 5.34. The Labute approximate surface area is 148 Å². The van der Waals surface area contributed by atoms with E-state index in [1.54, 1.807) is 34.4 Å². The first-order chi connectivity index (χ1) is 11.9. The number of hydrogen-bond acceptors (Lipinski definition) is 8. The van der Waals surface area contributed by atoms with E-state index in [9.17, 15) is 0 Å². The number of aromatic nitrogens is 5. The van der Waals surface area contributed by atoms with Crippen molar-refractivity contribution in [2.45, 2.75) is 10.9 Å². The maximum Gasteiger partial charge on any atom is 0.237 e. The van der Waals surface area contributed by atoms with E-state index in [1.165, 1.54) is 4.70 Å². The van der Waals surface area contributed by atoms with Crippen molar-refractivity contribution in [3.8, 4) is 11.4 Å². The van der Waals surface area contributed by atoms with Crippen molar-refractivity contribution in [2.75, 3.05) is 0 Å². The Balaban J connectivity index is 1.43. The monoisotopic (exact) mass is 371 g/mol. The summed E-state index contributed by atoms with van der Waals surface area (Å²) in [6.07, 6.45) is 0. The fraction of sp³-hybridized carbons (Fsp3) is 0.0667. The molecular weight excluding hydrogens is 362 g/mol. The number of para-hydroxylation sites is 1. The molecule has 9 heteroatoms. The lowest BCUT2D eigenvalue weighted by molar-refractivity contribution is 0.391. The summed E-state index contributed by atoms with van der Waals surface area (Å²) in [5.74, 6) is 1.76. The number of thiophene rings is 1.